The lowest BCUT2D eigenvalue weighted by molar-refractivity contribution is 0.402. The standard InChI is InChI=1S/C19H18ClN9/c1-22-15-9-23-18-17(24-13-4-5-13)26-19(27-29(15)18)25-14-7-11(8-21)6-12(16(14)20)10-28(2)3/h6-7,9,13H,4-5,10H2,2-3H3,(H2,24,25,26,27). The third kappa shape index (κ3) is 3.92. The largest absolute Gasteiger partial charge is 0.362 e. The highest BCUT2D eigenvalue weighted by Gasteiger charge is 2.25. The van der Waals surface area contributed by atoms with Gasteiger partial charge in [0.05, 0.1) is 28.5 Å². The second-order valence-electron chi connectivity index (χ2n) is 7.14. The highest BCUT2D eigenvalue weighted by atomic mass is 35.5. The fourth-order valence-corrected chi connectivity index (χ4v) is 3.15. The van der Waals surface area contributed by atoms with Gasteiger partial charge in [0.15, 0.2) is 5.82 Å². The summed E-state index contributed by atoms with van der Waals surface area (Å²) in [5, 5.41) is 20.7. The summed E-state index contributed by atoms with van der Waals surface area (Å²) in [6.07, 6.45) is 3.61. The quantitative estimate of drug-likeness (QED) is 0.602. The molecule has 10 heteroatoms. The number of benzene rings is 1. The minimum atomic E-state index is 0.261. The molecule has 1 aliphatic carbocycles. The number of nitrogens with zero attached hydrogens (tertiary/aromatic N) is 7. The van der Waals surface area contributed by atoms with Crippen LogP contribution in [0.3, 0.4) is 0 Å². The Morgan fingerprint density at radius 2 is 2.21 bits per heavy atom. The van der Waals surface area contributed by atoms with E-state index in [-0.39, 0.29) is 11.8 Å². The third-order valence-corrected chi connectivity index (χ3v) is 4.83. The summed E-state index contributed by atoms with van der Waals surface area (Å²) in [6, 6.07) is 5.94. The molecular formula is C19H18ClN9. The van der Waals surface area contributed by atoms with E-state index in [4.69, 9.17) is 18.2 Å². The third-order valence-electron chi connectivity index (χ3n) is 4.39. The van der Waals surface area contributed by atoms with Gasteiger partial charge in [-0.25, -0.2) is 4.98 Å². The molecule has 0 spiro atoms. The summed E-state index contributed by atoms with van der Waals surface area (Å²) in [5.74, 6) is 1.10. The molecule has 0 atom stereocenters. The van der Waals surface area contributed by atoms with Crippen molar-refractivity contribution in [1.82, 2.24) is 24.5 Å². The van der Waals surface area contributed by atoms with E-state index in [2.05, 4.69) is 36.6 Å². The number of hydrogen-bond acceptors (Lipinski definition) is 7. The van der Waals surface area contributed by atoms with Gasteiger partial charge in [0.1, 0.15) is 0 Å². The molecule has 0 saturated heterocycles. The lowest BCUT2D eigenvalue weighted by atomic mass is 10.1. The zero-order chi connectivity index (χ0) is 20.5. The topological polar surface area (TPSA) is 98.5 Å². The van der Waals surface area contributed by atoms with Crippen molar-refractivity contribution < 1.29 is 0 Å². The molecule has 9 nitrogen and oxygen atoms in total. The maximum atomic E-state index is 9.39. The predicted molar refractivity (Wildman–Crippen MR) is 111 cm³/mol. The van der Waals surface area contributed by atoms with Crippen molar-refractivity contribution in [1.29, 1.82) is 5.26 Å². The van der Waals surface area contributed by atoms with Gasteiger partial charge in [-0.2, -0.15) is 10.2 Å². The minimum absolute atomic E-state index is 0.261. The summed E-state index contributed by atoms with van der Waals surface area (Å²) in [4.78, 5) is 14.2. The van der Waals surface area contributed by atoms with Gasteiger partial charge in [0.2, 0.25) is 0 Å². The van der Waals surface area contributed by atoms with Crippen molar-refractivity contribution in [2.24, 2.45) is 0 Å². The van der Waals surface area contributed by atoms with Crippen molar-refractivity contribution in [3.8, 4) is 6.07 Å². The molecule has 2 aromatic heterocycles. The molecule has 0 aliphatic heterocycles. The molecule has 0 amide bonds. The second-order valence-corrected chi connectivity index (χ2v) is 7.52. The van der Waals surface area contributed by atoms with E-state index in [1.807, 2.05) is 19.0 Å². The van der Waals surface area contributed by atoms with Crippen molar-refractivity contribution >= 4 is 40.5 Å². The monoisotopic (exact) mass is 407 g/mol. The van der Waals surface area contributed by atoms with Gasteiger partial charge in [0.25, 0.3) is 17.4 Å². The van der Waals surface area contributed by atoms with Crippen molar-refractivity contribution in [2.45, 2.75) is 25.4 Å². The van der Waals surface area contributed by atoms with Crippen LogP contribution < -0.4 is 10.6 Å². The zero-order valence-corrected chi connectivity index (χ0v) is 16.7. The predicted octanol–water partition coefficient (Wildman–Crippen LogP) is 3.58. The number of anilines is 3. The molecule has 1 aliphatic rings. The van der Waals surface area contributed by atoms with E-state index in [0.29, 0.717) is 40.3 Å². The Balaban J connectivity index is 1.77. The molecule has 0 radical (unpaired) electrons. The van der Waals surface area contributed by atoms with Crippen LogP contribution in [-0.4, -0.2) is 44.6 Å². The summed E-state index contributed by atoms with van der Waals surface area (Å²) in [6.45, 7) is 7.92. The first-order valence-electron chi connectivity index (χ1n) is 9.02. The maximum Gasteiger partial charge on any atom is 0.275 e. The smallest absolute Gasteiger partial charge is 0.275 e. The van der Waals surface area contributed by atoms with Gasteiger partial charge >= 0.3 is 0 Å². The van der Waals surface area contributed by atoms with Crippen LogP contribution in [0.1, 0.15) is 24.0 Å². The van der Waals surface area contributed by atoms with Crippen molar-refractivity contribution in [3.05, 3.63) is 45.9 Å². The van der Waals surface area contributed by atoms with Gasteiger partial charge < -0.3 is 20.4 Å². The van der Waals surface area contributed by atoms with Crippen molar-refractivity contribution in [3.63, 3.8) is 0 Å². The average molecular weight is 408 g/mol. The molecule has 2 N–H and O–H groups in total. The Morgan fingerprint density at radius 1 is 1.41 bits per heavy atom. The van der Waals surface area contributed by atoms with Gasteiger partial charge in [-0.3, -0.25) is 0 Å². The Hall–Kier alpha value is -3.40. The average Bonchev–Trinajstić information content (AvgIpc) is 3.40. The molecule has 146 valence electrons. The second kappa shape index (κ2) is 7.55. The van der Waals surface area contributed by atoms with E-state index in [1.165, 1.54) is 10.7 Å². The fraction of sp³-hybridized carbons (Fsp3) is 0.316. The van der Waals surface area contributed by atoms with Gasteiger partial charge in [-0.05, 0) is 44.6 Å². The number of imidazole rings is 1. The Kier molecular flexibility index (Phi) is 4.93. The Labute approximate surface area is 172 Å². The van der Waals surface area contributed by atoms with Crippen LogP contribution in [0, 0.1) is 17.9 Å². The molecule has 2 heterocycles. The van der Waals surface area contributed by atoms with Crippen LogP contribution in [0.4, 0.5) is 23.3 Å². The van der Waals surface area contributed by atoms with Crippen molar-refractivity contribution in [2.75, 3.05) is 24.7 Å². The van der Waals surface area contributed by atoms with Crippen LogP contribution >= 0.6 is 11.6 Å². The van der Waals surface area contributed by atoms with E-state index in [9.17, 15) is 5.26 Å². The number of fused-ring (bicyclic) bond motifs is 1. The van der Waals surface area contributed by atoms with Crippen LogP contribution in [0.5, 0.6) is 0 Å². The summed E-state index contributed by atoms with van der Waals surface area (Å²) >= 11 is 6.58. The van der Waals surface area contributed by atoms with Crippen LogP contribution in [0.2, 0.25) is 5.02 Å². The number of nitriles is 1. The Bertz CT molecular complexity index is 1170. The van der Waals surface area contributed by atoms with Gasteiger partial charge in [-0.15, -0.1) is 4.52 Å². The molecule has 1 saturated carbocycles. The zero-order valence-electron chi connectivity index (χ0n) is 15.9. The van der Waals surface area contributed by atoms with Crippen LogP contribution in [-0.2, 0) is 6.54 Å². The van der Waals surface area contributed by atoms with Gasteiger partial charge in [-0.1, -0.05) is 23.3 Å². The number of rotatable bonds is 6. The lowest BCUT2D eigenvalue weighted by Crippen LogP contribution is -2.12. The first-order valence-corrected chi connectivity index (χ1v) is 9.40. The minimum Gasteiger partial charge on any atom is -0.362 e. The SMILES string of the molecule is [C-]#[N+]c1cnc2c(NC3CC3)nc(Nc3cc(C#N)cc(CN(C)C)c3Cl)nn12. The molecule has 1 aromatic carbocycles. The maximum absolute atomic E-state index is 9.39. The van der Waals surface area contributed by atoms with Crippen LogP contribution in [0.25, 0.3) is 10.5 Å². The van der Waals surface area contributed by atoms with E-state index in [0.717, 1.165) is 18.4 Å². The summed E-state index contributed by atoms with van der Waals surface area (Å²) < 4.78 is 1.45. The fourth-order valence-electron chi connectivity index (χ4n) is 2.93. The molecule has 0 unspecified atom stereocenters. The molecule has 4 rings (SSSR count). The number of hydrogen-bond donors (Lipinski definition) is 2. The van der Waals surface area contributed by atoms with Gasteiger partial charge in [0, 0.05) is 12.6 Å². The van der Waals surface area contributed by atoms with E-state index in [1.54, 1.807) is 12.1 Å². The molecule has 1 fully saturated rings. The molecular weight excluding hydrogens is 390 g/mol. The highest BCUT2D eigenvalue weighted by Crippen LogP contribution is 2.32. The molecule has 0 bridgehead atoms. The number of halogens is 1. The van der Waals surface area contributed by atoms with E-state index < -0.39 is 0 Å². The first kappa shape index (κ1) is 18.9. The first-order chi connectivity index (χ1) is 14.0. The summed E-state index contributed by atoms with van der Waals surface area (Å²) in [7, 11) is 3.86. The molecule has 3 aromatic rings. The van der Waals surface area contributed by atoms with Crippen LogP contribution in [0.15, 0.2) is 18.3 Å². The normalized spacial score (nSPS) is 13.3. The summed E-state index contributed by atoms with van der Waals surface area (Å²) in [5.41, 5.74) is 2.33. The van der Waals surface area contributed by atoms with E-state index >= 15 is 0 Å². The Morgan fingerprint density at radius 3 is 2.86 bits per heavy atom. The lowest BCUT2D eigenvalue weighted by Gasteiger charge is -2.15. The molecule has 29 heavy (non-hydrogen) atoms. The number of aromatic nitrogens is 4. The highest BCUT2D eigenvalue weighted by molar-refractivity contribution is 6.34. The number of nitrogens with one attached hydrogen (secondary N) is 2.